The van der Waals surface area contributed by atoms with Crippen LogP contribution in [0.5, 0.6) is 0 Å². The Labute approximate surface area is 149 Å². The number of aryl methyl sites for hydroxylation is 1. The summed E-state index contributed by atoms with van der Waals surface area (Å²) in [6, 6.07) is 14.6. The van der Waals surface area contributed by atoms with Gasteiger partial charge in [0.1, 0.15) is 11.5 Å². The highest BCUT2D eigenvalue weighted by Crippen LogP contribution is 2.50. The van der Waals surface area contributed by atoms with Crippen molar-refractivity contribution in [1.82, 2.24) is 9.80 Å². The summed E-state index contributed by atoms with van der Waals surface area (Å²) in [6.45, 7) is 5.54. The minimum atomic E-state index is -0.230. The number of rotatable bonds is 3. The molecule has 2 aromatic rings. The van der Waals surface area contributed by atoms with Gasteiger partial charge in [-0.1, -0.05) is 30.3 Å². The van der Waals surface area contributed by atoms with E-state index in [2.05, 4.69) is 35.2 Å². The molecule has 3 heterocycles. The third-order valence-corrected chi connectivity index (χ3v) is 6.02. The molecule has 2 saturated heterocycles. The summed E-state index contributed by atoms with van der Waals surface area (Å²) in [7, 11) is 1.95. The first-order valence-electron chi connectivity index (χ1n) is 9.17. The average molecular weight is 338 g/mol. The number of likely N-dealkylation sites (tertiary alicyclic amines) is 2. The van der Waals surface area contributed by atoms with Crippen LogP contribution < -0.4 is 0 Å². The van der Waals surface area contributed by atoms with Crippen molar-refractivity contribution < 1.29 is 9.21 Å². The van der Waals surface area contributed by atoms with Crippen molar-refractivity contribution in [2.45, 2.75) is 32.2 Å². The van der Waals surface area contributed by atoms with Crippen molar-refractivity contribution in [3.63, 3.8) is 0 Å². The Morgan fingerprint density at radius 1 is 1.12 bits per heavy atom. The highest BCUT2D eigenvalue weighted by molar-refractivity contribution is 5.86. The second-order valence-corrected chi connectivity index (χ2v) is 7.59. The Bertz CT molecular complexity index is 744. The van der Waals surface area contributed by atoms with Crippen LogP contribution in [0.25, 0.3) is 0 Å². The van der Waals surface area contributed by atoms with Gasteiger partial charge in [0.15, 0.2) is 0 Å². The van der Waals surface area contributed by atoms with Gasteiger partial charge in [-0.25, -0.2) is 0 Å². The van der Waals surface area contributed by atoms with Crippen molar-refractivity contribution >= 4 is 5.91 Å². The van der Waals surface area contributed by atoms with Crippen molar-refractivity contribution in [1.29, 1.82) is 0 Å². The van der Waals surface area contributed by atoms with Gasteiger partial charge in [0.2, 0.25) is 5.91 Å². The Kier molecular flexibility index (Phi) is 4.16. The topological polar surface area (TPSA) is 36.7 Å². The summed E-state index contributed by atoms with van der Waals surface area (Å²) in [4.78, 5) is 17.4. The number of piperidine rings is 1. The summed E-state index contributed by atoms with van der Waals surface area (Å²) in [5.41, 5.74) is 1.07. The van der Waals surface area contributed by atoms with E-state index in [0.29, 0.717) is 11.8 Å². The standard InChI is InChI=1S/C21H26N2O2/c1-16-8-9-18(25-16)14-23-12-10-21(11-13-23)19(15-22(2)20(21)24)17-6-4-3-5-7-17/h3-9,19H,10-15H2,1-2H3/t19-/m1/s1. The van der Waals surface area contributed by atoms with Crippen LogP contribution in [-0.2, 0) is 11.3 Å². The molecule has 2 fully saturated rings. The van der Waals surface area contributed by atoms with Gasteiger partial charge in [-0.2, -0.15) is 0 Å². The van der Waals surface area contributed by atoms with E-state index in [-0.39, 0.29) is 5.41 Å². The van der Waals surface area contributed by atoms with Crippen LogP contribution in [0.2, 0.25) is 0 Å². The first kappa shape index (κ1) is 16.4. The van der Waals surface area contributed by atoms with E-state index in [1.807, 2.05) is 31.0 Å². The molecule has 1 spiro atoms. The lowest BCUT2D eigenvalue weighted by Crippen LogP contribution is -2.45. The largest absolute Gasteiger partial charge is 0.465 e. The molecule has 25 heavy (non-hydrogen) atoms. The number of likely N-dealkylation sites (N-methyl/N-ethyl adjacent to an activating group) is 1. The Morgan fingerprint density at radius 2 is 1.84 bits per heavy atom. The lowest BCUT2D eigenvalue weighted by molar-refractivity contribution is -0.137. The molecule has 1 amide bonds. The molecule has 2 aliphatic heterocycles. The van der Waals surface area contributed by atoms with E-state index in [4.69, 9.17) is 4.42 Å². The predicted molar refractivity (Wildman–Crippen MR) is 97.2 cm³/mol. The average Bonchev–Trinajstić information content (AvgIpc) is 3.14. The van der Waals surface area contributed by atoms with E-state index < -0.39 is 0 Å². The number of carbonyl (C=O) groups is 1. The number of hydrogen-bond donors (Lipinski definition) is 0. The molecule has 2 aliphatic rings. The second-order valence-electron chi connectivity index (χ2n) is 7.59. The van der Waals surface area contributed by atoms with Crippen LogP contribution in [0.15, 0.2) is 46.9 Å². The molecule has 0 N–H and O–H groups in total. The molecule has 4 nitrogen and oxygen atoms in total. The number of carbonyl (C=O) groups excluding carboxylic acids is 1. The normalized spacial score (nSPS) is 23.5. The first-order valence-corrected chi connectivity index (χ1v) is 9.17. The van der Waals surface area contributed by atoms with Crippen LogP contribution in [-0.4, -0.2) is 42.4 Å². The Morgan fingerprint density at radius 3 is 2.48 bits per heavy atom. The molecule has 0 aliphatic carbocycles. The third-order valence-electron chi connectivity index (χ3n) is 6.02. The maximum atomic E-state index is 13.0. The summed E-state index contributed by atoms with van der Waals surface area (Å²) in [5.74, 6) is 2.61. The first-order chi connectivity index (χ1) is 12.1. The molecule has 1 aromatic heterocycles. The van der Waals surface area contributed by atoms with Crippen LogP contribution in [0.3, 0.4) is 0 Å². The molecular weight excluding hydrogens is 312 g/mol. The monoisotopic (exact) mass is 338 g/mol. The zero-order valence-corrected chi connectivity index (χ0v) is 15.1. The van der Waals surface area contributed by atoms with E-state index >= 15 is 0 Å². The number of benzene rings is 1. The van der Waals surface area contributed by atoms with E-state index in [1.165, 1.54) is 5.56 Å². The zero-order valence-electron chi connectivity index (χ0n) is 15.1. The SMILES string of the molecule is Cc1ccc(CN2CCC3(CC2)C(=O)N(C)C[C@@H]3c2ccccc2)o1. The molecular formula is C21H26N2O2. The van der Waals surface area contributed by atoms with E-state index in [9.17, 15) is 4.79 Å². The quantitative estimate of drug-likeness (QED) is 0.860. The van der Waals surface area contributed by atoms with Gasteiger partial charge < -0.3 is 9.32 Å². The van der Waals surface area contributed by atoms with Gasteiger partial charge in [0.25, 0.3) is 0 Å². The highest BCUT2D eigenvalue weighted by Gasteiger charge is 2.54. The van der Waals surface area contributed by atoms with Crippen molar-refractivity contribution in [3.05, 3.63) is 59.5 Å². The molecule has 0 bridgehead atoms. The summed E-state index contributed by atoms with van der Waals surface area (Å²) >= 11 is 0. The van der Waals surface area contributed by atoms with E-state index in [0.717, 1.165) is 50.5 Å². The van der Waals surface area contributed by atoms with E-state index in [1.54, 1.807) is 0 Å². The molecule has 1 atom stereocenters. The Balaban J connectivity index is 1.51. The van der Waals surface area contributed by atoms with Crippen molar-refractivity contribution in [2.75, 3.05) is 26.7 Å². The fourth-order valence-electron chi connectivity index (χ4n) is 4.63. The number of hydrogen-bond acceptors (Lipinski definition) is 3. The van der Waals surface area contributed by atoms with Gasteiger partial charge >= 0.3 is 0 Å². The number of amides is 1. The number of nitrogens with zero attached hydrogens (tertiary/aromatic N) is 2. The van der Waals surface area contributed by atoms with Crippen molar-refractivity contribution in [2.24, 2.45) is 5.41 Å². The smallest absolute Gasteiger partial charge is 0.229 e. The minimum absolute atomic E-state index is 0.230. The predicted octanol–water partition coefficient (Wildman–Crippen LogP) is 3.43. The molecule has 4 rings (SSSR count). The van der Waals surface area contributed by atoms with Crippen LogP contribution in [0.4, 0.5) is 0 Å². The zero-order chi connectivity index (χ0) is 17.4. The van der Waals surface area contributed by atoms with Gasteiger partial charge in [0, 0.05) is 19.5 Å². The second kappa shape index (κ2) is 6.34. The van der Waals surface area contributed by atoms with Crippen LogP contribution >= 0.6 is 0 Å². The van der Waals surface area contributed by atoms with Crippen LogP contribution in [0, 0.1) is 12.3 Å². The maximum Gasteiger partial charge on any atom is 0.229 e. The molecule has 1 aromatic carbocycles. The van der Waals surface area contributed by atoms with Gasteiger partial charge in [0.05, 0.1) is 12.0 Å². The maximum absolute atomic E-state index is 13.0. The molecule has 0 unspecified atom stereocenters. The molecule has 0 radical (unpaired) electrons. The van der Waals surface area contributed by atoms with Gasteiger partial charge in [-0.15, -0.1) is 0 Å². The van der Waals surface area contributed by atoms with Gasteiger partial charge in [-0.05, 0) is 50.6 Å². The summed E-state index contributed by atoms with van der Waals surface area (Å²) < 4.78 is 5.72. The lowest BCUT2D eigenvalue weighted by Gasteiger charge is -2.41. The fourth-order valence-corrected chi connectivity index (χ4v) is 4.63. The summed E-state index contributed by atoms with van der Waals surface area (Å²) in [6.07, 6.45) is 1.85. The van der Waals surface area contributed by atoms with Crippen LogP contribution in [0.1, 0.15) is 35.8 Å². The fraction of sp³-hybridized carbons (Fsp3) is 0.476. The minimum Gasteiger partial charge on any atom is -0.465 e. The Hall–Kier alpha value is -2.07. The highest BCUT2D eigenvalue weighted by atomic mass is 16.3. The van der Waals surface area contributed by atoms with Gasteiger partial charge in [-0.3, -0.25) is 9.69 Å². The molecule has 0 saturated carbocycles. The van der Waals surface area contributed by atoms with Crippen molar-refractivity contribution in [3.8, 4) is 0 Å². The molecule has 4 heteroatoms. The summed E-state index contributed by atoms with van der Waals surface area (Å²) in [5, 5.41) is 0. The number of furan rings is 1. The third kappa shape index (κ3) is 2.89. The lowest BCUT2D eigenvalue weighted by atomic mass is 9.68. The molecule has 132 valence electrons.